The molecule has 2 heteroatoms. The van der Waals surface area contributed by atoms with Gasteiger partial charge in [-0.2, -0.15) is 0 Å². The van der Waals surface area contributed by atoms with E-state index < -0.39 is 0 Å². The monoisotopic (exact) mass is 184 g/mol. The minimum Gasteiger partial charge on any atom is -0.327 e. The molecule has 1 atom stereocenters. The smallest absolute Gasteiger partial charge is 0.0167 e. The lowest BCUT2D eigenvalue weighted by Gasteiger charge is -2.24. The first-order valence-electron chi connectivity index (χ1n) is 5.79. The molecule has 0 aromatic heterocycles. The van der Waals surface area contributed by atoms with Crippen molar-refractivity contribution in [1.29, 1.82) is 0 Å². The molecule has 0 aromatic carbocycles. The molecule has 2 nitrogen and oxygen atoms in total. The maximum absolute atomic E-state index is 6.03. The minimum atomic E-state index is 0.378. The summed E-state index contributed by atoms with van der Waals surface area (Å²) in [5, 5.41) is 3.31. The molecular formula is C11H24N2. The highest BCUT2D eigenvalue weighted by atomic mass is 14.9. The fourth-order valence-electron chi connectivity index (χ4n) is 2.26. The highest BCUT2D eigenvalue weighted by Crippen LogP contribution is 2.26. The zero-order valence-corrected chi connectivity index (χ0v) is 8.89. The third-order valence-corrected chi connectivity index (χ3v) is 3.02. The van der Waals surface area contributed by atoms with Crippen LogP contribution in [0.1, 0.15) is 45.4 Å². The number of hydrogen-bond donors (Lipinski definition) is 2. The van der Waals surface area contributed by atoms with Crippen molar-refractivity contribution in [3.8, 4) is 0 Å². The van der Waals surface area contributed by atoms with Crippen LogP contribution < -0.4 is 11.1 Å². The number of nitrogens with one attached hydrogen (secondary N) is 1. The Morgan fingerprint density at radius 2 is 2.00 bits per heavy atom. The van der Waals surface area contributed by atoms with Gasteiger partial charge in [0.2, 0.25) is 0 Å². The Bertz CT molecular complexity index is 119. The maximum atomic E-state index is 6.03. The zero-order chi connectivity index (χ0) is 9.52. The average Bonchev–Trinajstić information content (AvgIpc) is 2.16. The minimum absolute atomic E-state index is 0.378. The third kappa shape index (κ3) is 4.63. The van der Waals surface area contributed by atoms with Gasteiger partial charge in [-0.25, -0.2) is 0 Å². The van der Waals surface area contributed by atoms with E-state index in [1.807, 2.05) is 0 Å². The van der Waals surface area contributed by atoms with Crippen LogP contribution in [0.5, 0.6) is 0 Å². The maximum Gasteiger partial charge on any atom is 0.0167 e. The molecule has 0 amide bonds. The summed E-state index contributed by atoms with van der Waals surface area (Å²) in [5.74, 6) is 0.919. The molecule has 0 aliphatic heterocycles. The number of nitrogens with two attached hydrogens (primary N) is 1. The van der Waals surface area contributed by atoms with E-state index in [4.69, 9.17) is 5.73 Å². The molecule has 0 heterocycles. The molecule has 0 unspecified atom stereocenters. The van der Waals surface area contributed by atoms with Gasteiger partial charge in [0.15, 0.2) is 0 Å². The highest BCUT2D eigenvalue weighted by molar-refractivity contribution is 4.73. The Labute approximate surface area is 82.3 Å². The van der Waals surface area contributed by atoms with Crippen molar-refractivity contribution in [3.05, 3.63) is 0 Å². The van der Waals surface area contributed by atoms with E-state index in [0.717, 1.165) is 19.0 Å². The molecule has 0 radical (unpaired) electrons. The van der Waals surface area contributed by atoms with Crippen LogP contribution in [-0.4, -0.2) is 19.1 Å². The van der Waals surface area contributed by atoms with E-state index in [9.17, 15) is 0 Å². The van der Waals surface area contributed by atoms with Gasteiger partial charge in [-0.1, -0.05) is 39.0 Å². The van der Waals surface area contributed by atoms with E-state index in [1.165, 1.54) is 38.5 Å². The van der Waals surface area contributed by atoms with Crippen molar-refractivity contribution in [1.82, 2.24) is 5.32 Å². The quantitative estimate of drug-likeness (QED) is 0.685. The molecule has 0 bridgehead atoms. The van der Waals surface area contributed by atoms with E-state index in [1.54, 1.807) is 0 Å². The van der Waals surface area contributed by atoms with E-state index >= 15 is 0 Å². The summed E-state index contributed by atoms with van der Waals surface area (Å²) in [6.07, 6.45) is 8.36. The summed E-state index contributed by atoms with van der Waals surface area (Å²) in [7, 11) is 0. The van der Waals surface area contributed by atoms with Crippen LogP contribution in [0.15, 0.2) is 0 Å². The highest BCUT2D eigenvalue weighted by Gasteiger charge is 2.16. The van der Waals surface area contributed by atoms with Crippen molar-refractivity contribution < 1.29 is 0 Å². The molecule has 0 spiro atoms. The van der Waals surface area contributed by atoms with Crippen LogP contribution >= 0.6 is 0 Å². The second-order valence-electron chi connectivity index (χ2n) is 4.31. The summed E-state index contributed by atoms with van der Waals surface area (Å²) < 4.78 is 0. The number of hydrogen-bond acceptors (Lipinski definition) is 2. The Morgan fingerprint density at radius 3 is 2.62 bits per heavy atom. The van der Waals surface area contributed by atoms with Crippen LogP contribution in [0, 0.1) is 5.92 Å². The van der Waals surface area contributed by atoms with E-state index in [-0.39, 0.29) is 0 Å². The fourth-order valence-corrected chi connectivity index (χ4v) is 2.26. The largest absolute Gasteiger partial charge is 0.327 e. The molecule has 0 aromatic rings. The van der Waals surface area contributed by atoms with Crippen molar-refractivity contribution in [2.24, 2.45) is 11.7 Å². The van der Waals surface area contributed by atoms with Gasteiger partial charge in [-0.15, -0.1) is 0 Å². The first-order valence-corrected chi connectivity index (χ1v) is 5.79. The van der Waals surface area contributed by atoms with Gasteiger partial charge < -0.3 is 11.1 Å². The number of likely N-dealkylation sites (N-methyl/N-ethyl adjacent to an activating group) is 1. The molecule has 3 N–H and O–H groups in total. The summed E-state index contributed by atoms with van der Waals surface area (Å²) >= 11 is 0. The standard InChI is InChI=1S/C11H24N2/c1-2-13-9-11(12)8-10-6-4-3-5-7-10/h10-11,13H,2-9,12H2,1H3/t11-/m0/s1. The molecule has 1 saturated carbocycles. The average molecular weight is 184 g/mol. The van der Waals surface area contributed by atoms with Crippen LogP contribution in [0.2, 0.25) is 0 Å². The van der Waals surface area contributed by atoms with Crippen LogP contribution in [-0.2, 0) is 0 Å². The SMILES string of the molecule is CCNC[C@@H](N)CC1CCCCC1. The van der Waals surface area contributed by atoms with Crippen LogP contribution in [0.25, 0.3) is 0 Å². The van der Waals surface area contributed by atoms with Gasteiger partial charge in [0.05, 0.1) is 0 Å². The molecule has 78 valence electrons. The molecule has 1 fully saturated rings. The van der Waals surface area contributed by atoms with Crippen LogP contribution in [0.4, 0.5) is 0 Å². The molecule has 0 saturated heterocycles. The summed E-state index contributed by atoms with van der Waals surface area (Å²) in [5.41, 5.74) is 6.03. The normalized spacial score (nSPS) is 21.7. The van der Waals surface area contributed by atoms with Gasteiger partial charge in [-0.3, -0.25) is 0 Å². The van der Waals surface area contributed by atoms with Crippen molar-refractivity contribution >= 4 is 0 Å². The fraction of sp³-hybridized carbons (Fsp3) is 1.00. The topological polar surface area (TPSA) is 38.0 Å². The second kappa shape index (κ2) is 6.39. The first kappa shape index (κ1) is 11.0. The van der Waals surface area contributed by atoms with Crippen molar-refractivity contribution in [2.45, 2.75) is 51.5 Å². The number of rotatable bonds is 5. The summed E-state index contributed by atoms with van der Waals surface area (Å²) in [6.45, 7) is 4.17. The van der Waals surface area contributed by atoms with Gasteiger partial charge in [0, 0.05) is 12.6 Å². The summed E-state index contributed by atoms with van der Waals surface area (Å²) in [4.78, 5) is 0. The molecule has 1 aliphatic carbocycles. The lowest BCUT2D eigenvalue weighted by Crippen LogP contribution is -2.35. The van der Waals surface area contributed by atoms with E-state index in [2.05, 4.69) is 12.2 Å². The Kier molecular flexibility index (Phi) is 5.40. The lowest BCUT2D eigenvalue weighted by atomic mass is 9.85. The van der Waals surface area contributed by atoms with Gasteiger partial charge in [-0.05, 0) is 18.9 Å². The second-order valence-corrected chi connectivity index (χ2v) is 4.31. The van der Waals surface area contributed by atoms with Gasteiger partial charge in [0.1, 0.15) is 0 Å². The lowest BCUT2D eigenvalue weighted by molar-refractivity contribution is 0.314. The molecule has 1 aliphatic rings. The van der Waals surface area contributed by atoms with Gasteiger partial charge >= 0.3 is 0 Å². The molecule has 13 heavy (non-hydrogen) atoms. The zero-order valence-electron chi connectivity index (χ0n) is 8.89. The predicted octanol–water partition coefficient (Wildman–Crippen LogP) is 1.89. The van der Waals surface area contributed by atoms with Crippen molar-refractivity contribution in [3.63, 3.8) is 0 Å². The van der Waals surface area contributed by atoms with Gasteiger partial charge in [0.25, 0.3) is 0 Å². The third-order valence-electron chi connectivity index (χ3n) is 3.02. The molecular weight excluding hydrogens is 160 g/mol. The Hall–Kier alpha value is -0.0800. The van der Waals surface area contributed by atoms with E-state index in [0.29, 0.717) is 6.04 Å². The summed E-state index contributed by atoms with van der Waals surface area (Å²) in [6, 6.07) is 0.378. The Morgan fingerprint density at radius 1 is 1.31 bits per heavy atom. The van der Waals surface area contributed by atoms with Crippen molar-refractivity contribution in [2.75, 3.05) is 13.1 Å². The Balaban J connectivity index is 2.07. The van der Waals surface area contributed by atoms with Crippen LogP contribution in [0.3, 0.4) is 0 Å². The first-order chi connectivity index (χ1) is 6.33. The molecule has 1 rings (SSSR count). The predicted molar refractivity (Wildman–Crippen MR) is 57.7 cm³/mol.